The van der Waals surface area contributed by atoms with Crippen LogP contribution in [0, 0.1) is 0 Å². The molecule has 1 nitrogen and oxygen atoms in total. The Hall–Kier alpha value is -0.185. The molecule has 0 spiro atoms. The van der Waals surface area contributed by atoms with E-state index in [1.807, 2.05) is 0 Å². The predicted octanol–water partition coefficient (Wildman–Crippen LogP) is 0.401. The van der Waals surface area contributed by atoms with E-state index in [1.165, 1.54) is 6.92 Å². The summed E-state index contributed by atoms with van der Waals surface area (Å²) in [6, 6.07) is 0. The first kappa shape index (κ1) is 11.6. The summed E-state index contributed by atoms with van der Waals surface area (Å²) in [7, 11) is 0. The van der Waals surface area contributed by atoms with Crippen LogP contribution in [-0.2, 0) is 4.74 Å². The molecule has 0 radical (unpaired) electrons. The summed E-state index contributed by atoms with van der Waals surface area (Å²) >= 11 is 0. The van der Waals surface area contributed by atoms with Crippen molar-refractivity contribution in [3.8, 4) is 0 Å². The molecule has 0 atom stereocenters. The Bertz CT molecular complexity index is 68.8. The first-order chi connectivity index (χ1) is 3.62. The summed E-state index contributed by atoms with van der Waals surface area (Å²) in [4.78, 5) is 0. The van der Waals surface area contributed by atoms with Crippen LogP contribution in [0.25, 0.3) is 0 Å². The molecular formula is C4H10BF3O. The standard InChI is InChI=1S/C4H7F3O.BH3/c1-2-8-4(6,7)3-5;/h2-3H2,1H3;1H3. The van der Waals surface area contributed by atoms with Gasteiger partial charge in [0.05, 0.1) is 15.0 Å². The maximum Gasteiger partial charge on any atom is 0.384 e. The summed E-state index contributed by atoms with van der Waals surface area (Å²) in [5, 5.41) is 0. The van der Waals surface area contributed by atoms with Crippen molar-refractivity contribution in [1.82, 2.24) is 0 Å². The molecular weight excluding hydrogens is 132 g/mol. The molecule has 0 amide bonds. The lowest BCUT2D eigenvalue weighted by molar-refractivity contribution is -0.243. The second-order valence-corrected chi connectivity index (χ2v) is 1.20. The van der Waals surface area contributed by atoms with Gasteiger partial charge in [-0.2, -0.15) is 8.78 Å². The summed E-state index contributed by atoms with van der Waals surface area (Å²) in [6.07, 6.45) is -3.57. The molecule has 9 heavy (non-hydrogen) atoms. The Morgan fingerprint density at radius 1 is 1.44 bits per heavy atom. The Kier molecular flexibility index (Phi) is 6.02. The molecule has 0 aromatic rings. The summed E-state index contributed by atoms with van der Waals surface area (Å²) in [6.45, 7) is -0.540. The van der Waals surface area contributed by atoms with Gasteiger partial charge >= 0.3 is 6.11 Å². The van der Waals surface area contributed by atoms with Crippen LogP contribution in [0.1, 0.15) is 6.92 Å². The van der Waals surface area contributed by atoms with Gasteiger partial charge in [-0.3, -0.25) is 0 Å². The monoisotopic (exact) mass is 142 g/mol. The Morgan fingerprint density at radius 2 is 1.89 bits per heavy atom. The van der Waals surface area contributed by atoms with Gasteiger partial charge in [0.2, 0.25) is 0 Å². The first-order valence-electron chi connectivity index (χ1n) is 2.20. The van der Waals surface area contributed by atoms with Crippen molar-refractivity contribution >= 4 is 8.41 Å². The van der Waals surface area contributed by atoms with E-state index in [2.05, 4.69) is 4.74 Å². The van der Waals surface area contributed by atoms with Gasteiger partial charge in [-0.1, -0.05) is 0 Å². The Labute approximate surface area is 53.8 Å². The first-order valence-corrected chi connectivity index (χ1v) is 2.20. The third-order valence-electron chi connectivity index (χ3n) is 0.511. The molecule has 0 fully saturated rings. The molecule has 0 aromatic carbocycles. The second-order valence-electron chi connectivity index (χ2n) is 1.20. The van der Waals surface area contributed by atoms with Gasteiger partial charge in [0.25, 0.3) is 0 Å². The van der Waals surface area contributed by atoms with Crippen LogP contribution in [0.15, 0.2) is 0 Å². The fraction of sp³-hybridized carbons (Fsp3) is 1.00. The Morgan fingerprint density at radius 3 is 2.00 bits per heavy atom. The number of alkyl halides is 3. The number of rotatable bonds is 3. The smallest absolute Gasteiger partial charge is 0.319 e. The highest BCUT2D eigenvalue weighted by Gasteiger charge is 2.28. The molecule has 0 N–H and O–H groups in total. The predicted molar refractivity (Wildman–Crippen MR) is 32.5 cm³/mol. The van der Waals surface area contributed by atoms with Crippen LogP contribution in [0.5, 0.6) is 0 Å². The van der Waals surface area contributed by atoms with E-state index in [0.29, 0.717) is 0 Å². The highest BCUT2D eigenvalue weighted by atomic mass is 19.3. The average Bonchev–Trinajstić information content (AvgIpc) is 1.67. The largest absolute Gasteiger partial charge is 0.384 e. The number of hydrogen-bond acceptors (Lipinski definition) is 1. The molecule has 0 heterocycles. The van der Waals surface area contributed by atoms with E-state index in [4.69, 9.17) is 0 Å². The van der Waals surface area contributed by atoms with Gasteiger partial charge < -0.3 is 4.74 Å². The maximum absolute atomic E-state index is 11.6. The zero-order valence-electron chi connectivity index (χ0n) is 4.46. The van der Waals surface area contributed by atoms with E-state index in [1.54, 1.807) is 0 Å². The zero-order valence-corrected chi connectivity index (χ0v) is 4.46. The molecule has 5 heteroatoms. The third-order valence-corrected chi connectivity index (χ3v) is 0.511. The number of halogens is 3. The summed E-state index contributed by atoms with van der Waals surface area (Å²) < 4.78 is 37.9. The quantitative estimate of drug-likeness (QED) is 0.518. The molecule has 0 saturated carbocycles. The van der Waals surface area contributed by atoms with Gasteiger partial charge in [-0.05, 0) is 6.92 Å². The van der Waals surface area contributed by atoms with Crippen molar-refractivity contribution in [2.45, 2.75) is 13.0 Å². The minimum Gasteiger partial charge on any atom is -0.319 e. The molecule has 0 aromatic heterocycles. The van der Waals surface area contributed by atoms with Crippen LogP contribution < -0.4 is 0 Å². The molecule has 0 rings (SSSR count). The van der Waals surface area contributed by atoms with Crippen molar-refractivity contribution in [3.63, 3.8) is 0 Å². The van der Waals surface area contributed by atoms with E-state index in [0.717, 1.165) is 0 Å². The maximum atomic E-state index is 11.6. The topological polar surface area (TPSA) is 9.23 Å². The van der Waals surface area contributed by atoms with Crippen molar-refractivity contribution in [2.75, 3.05) is 13.3 Å². The lowest BCUT2D eigenvalue weighted by atomic mass is 10.7. The van der Waals surface area contributed by atoms with E-state index >= 15 is 0 Å². The SMILES string of the molecule is B.CCOC(F)(F)CF. The van der Waals surface area contributed by atoms with Crippen LogP contribution in [0.4, 0.5) is 13.2 Å². The Balaban J connectivity index is 0. The molecule has 0 aliphatic carbocycles. The molecule has 0 unspecified atom stereocenters. The minimum absolute atomic E-state index is 0. The van der Waals surface area contributed by atoms with E-state index in [9.17, 15) is 13.2 Å². The van der Waals surface area contributed by atoms with Gasteiger partial charge in [0, 0.05) is 0 Å². The van der Waals surface area contributed by atoms with Crippen molar-refractivity contribution < 1.29 is 17.9 Å². The minimum atomic E-state index is -3.57. The van der Waals surface area contributed by atoms with E-state index in [-0.39, 0.29) is 15.0 Å². The van der Waals surface area contributed by atoms with Crippen molar-refractivity contribution in [2.24, 2.45) is 0 Å². The highest BCUT2D eigenvalue weighted by molar-refractivity contribution is 5.75. The second kappa shape index (κ2) is 4.67. The average molecular weight is 142 g/mol. The lowest BCUT2D eigenvalue weighted by Crippen LogP contribution is -2.22. The highest BCUT2D eigenvalue weighted by Crippen LogP contribution is 2.14. The van der Waals surface area contributed by atoms with Crippen LogP contribution in [0.2, 0.25) is 0 Å². The lowest BCUT2D eigenvalue weighted by Gasteiger charge is -2.09. The molecule has 0 bridgehead atoms. The third kappa shape index (κ3) is 5.69. The number of hydrogen-bond donors (Lipinski definition) is 0. The van der Waals surface area contributed by atoms with Gasteiger partial charge in [-0.15, -0.1) is 0 Å². The normalized spacial score (nSPS) is 10.7. The summed E-state index contributed by atoms with van der Waals surface area (Å²) in [5.74, 6) is 0. The van der Waals surface area contributed by atoms with Gasteiger partial charge in [-0.25, -0.2) is 4.39 Å². The molecule has 0 saturated heterocycles. The van der Waals surface area contributed by atoms with E-state index < -0.39 is 12.8 Å². The fourth-order valence-corrected chi connectivity index (χ4v) is 0.250. The van der Waals surface area contributed by atoms with Crippen LogP contribution in [0.3, 0.4) is 0 Å². The van der Waals surface area contributed by atoms with Crippen LogP contribution >= 0.6 is 0 Å². The fourth-order valence-electron chi connectivity index (χ4n) is 0.250. The van der Waals surface area contributed by atoms with Gasteiger partial charge in [0.1, 0.15) is 0 Å². The van der Waals surface area contributed by atoms with Crippen LogP contribution in [-0.4, -0.2) is 27.8 Å². The molecule has 0 aliphatic rings. The number of ether oxygens (including phenoxy) is 1. The van der Waals surface area contributed by atoms with Crippen molar-refractivity contribution in [3.05, 3.63) is 0 Å². The van der Waals surface area contributed by atoms with Gasteiger partial charge in [0.15, 0.2) is 6.67 Å². The molecule has 56 valence electrons. The van der Waals surface area contributed by atoms with Crippen molar-refractivity contribution in [1.29, 1.82) is 0 Å². The summed E-state index contributed by atoms with van der Waals surface area (Å²) in [5.41, 5.74) is 0. The zero-order chi connectivity index (χ0) is 6.62. The molecule has 0 aliphatic heterocycles.